The van der Waals surface area contributed by atoms with E-state index in [1.165, 1.54) is 6.07 Å². The molecule has 1 aromatic carbocycles. The van der Waals surface area contributed by atoms with Gasteiger partial charge in [0.2, 0.25) is 5.91 Å². The second kappa shape index (κ2) is 7.12. The van der Waals surface area contributed by atoms with Crippen LogP contribution in [0.25, 0.3) is 0 Å². The molecule has 0 aromatic heterocycles. The van der Waals surface area contributed by atoms with E-state index in [1.807, 2.05) is 13.8 Å². The average molecular weight is 341 g/mol. The van der Waals surface area contributed by atoms with Gasteiger partial charge in [-0.25, -0.2) is 8.42 Å². The average Bonchev–Trinajstić information content (AvgIpc) is 2.36. The highest BCUT2D eigenvalue weighted by Crippen LogP contribution is 2.22. The van der Waals surface area contributed by atoms with Crippen LogP contribution in [0.2, 0.25) is 0 Å². The SMILES string of the molecule is CC(C)C(C)(CC(=O)O)NC(=O)Cc1ccccc1S(C)(=O)=O. The standard InChI is InChI=1S/C16H23NO5S/c1-11(2)16(3,10-15(19)20)17-14(18)9-12-7-5-6-8-13(12)23(4,21)22/h5-8,11H,9-10H2,1-4H3,(H,17,18)(H,19,20). The molecule has 1 unspecified atom stereocenters. The second-order valence-corrected chi connectivity index (χ2v) is 8.23. The monoisotopic (exact) mass is 341 g/mol. The van der Waals surface area contributed by atoms with Crippen LogP contribution in [-0.2, 0) is 25.8 Å². The molecule has 0 fully saturated rings. The summed E-state index contributed by atoms with van der Waals surface area (Å²) in [4.78, 5) is 23.4. The van der Waals surface area contributed by atoms with E-state index < -0.39 is 27.3 Å². The lowest BCUT2D eigenvalue weighted by Gasteiger charge is -2.33. The van der Waals surface area contributed by atoms with Crippen LogP contribution in [0.5, 0.6) is 0 Å². The highest BCUT2D eigenvalue weighted by atomic mass is 32.2. The molecule has 1 aromatic rings. The number of carboxylic acid groups (broad SMARTS) is 1. The molecule has 0 saturated carbocycles. The van der Waals surface area contributed by atoms with Gasteiger partial charge in [0.05, 0.1) is 17.7 Å². The fraction of sp³-hybridized carbons (Fsp3) is 0.500. The molecule has 1 rings (SSSR count). The Bertz CT molecular complexity index is 696. The van der Waals surface area contributed by atoms with Crippen molar-refractivity contribution in [3.8, 4) is 0 Å². The molecule has 1 amide bonds. The third-order valence-corrected chi connectivity index (χ3v) is 5.14. The Kier molecular flexibility index (Phi) is 5.93. The molecule has 0 aliphatic carbocycles. The first kappa shape index (κ1) is 19.2. The maximum absolute atomic E-state index is 12.3. The van der Waals surface area contributed by atoms with Gasteiger partial charge in [-0.05, 0) is 24.5 Å². The Hall–Kier alpha value is -1.89. The normalized spacial score (nSPS) is 14.3. The van der Waals surface area contributed by atoms with Crippen molar-refractivity contribution >= 4 is 21.7 Å². The first-order valence-corrected chi connectivity index (χ1v) is 9.15. The van der Waals surface area contributed by atoms with Crippen LogP contribution in [0.15, 0.2) is 29.2 Å². The topological polar surface area (TPSA) is 101 Å². The zero-order chi connectivity index (χ0) is 17.8. The Balaban J connectivity index is 2.99. The third kappa shape index (κ3) is 5.35. The van der Waals surface area contributed by atoms with Gasteiger partial charge in [-0.2, -0.15) is 0 Å². The summed E-state index contributed by atoms with van der Waals surface area (Å²) in [5.41, 5.74) is -0.503. The van der Waals surface area contributed by atoms with Gasteiger partial charge in [-0.3, -0.25) is 9.59 Å². The minimum atomic E-state index is -3.43. The zero-order valence-electron chi connectivity index (χ0n) is 13.8. The second-order valence-electron chi connectivity index (χ2n) is 6.25. The quantitative estimate of drug-likeness (QED) is 0.785. The first-order chi connectivity index (χ1) is 10.5. The molecule has 0 aliphatic heterocycles. The van der Waals surface area contributed by atoms with Crippen LogP contribution in [0.3, 0.4) is 0 Å². The molecular formula is C16H23NO5S. The van der Waals surface area contributed by atoms with Gasteiger partial charge >= 0.3 is 5.97 Å². The number of aliphatic carboxylic acids is 1. The highest BCUT2D eigenvalue weighted by Gasteiger charge is 2.33. The number of benzene rings is 1. The van der Waals surface area contributed by atoms with Crippen molar-refractivity contribution in [1.29, 1.82) is 0 Å². The van der Waals surface area contributed by atoms with Crippen LogP contribution in [0, 0.1) is 5.92 Å². The van der Waals surface area contributed by atoms with Gasteiger partial charge in [-0.15, -0.1) is 0 Å². The fourth-order valence-electron chi connectivity index (χ4n) is 2.25. The predicted octanol–water partition coefficient (Wildman–Crippen LogP) is 1.64. The summed E-state index contributed by atoms with van der Waals surface area (Å²) >= 11 is 0. The van der Waals surface area contributed by atoms with Crippen molar-refractivity contribution in [1.82, 2.24) is 5.32 Å². The predicted molar refractivity (Wildman–Crippen MR) is 86.9 cm³/mol. The largest absolute Gasteiger partial charge is 0.481 e. The summed E-state index contributed by atoms with van der Waals surface area (Å²) in [6.45, 7) is 5.33. The van der Waals surface area contributed by atoms with E-state index >= 15 is 0 Å². The molecule has 2 N–H and O–H groups in total. The molecular weight excluding hydrogens is 318 g/mol. The Labute approximate surface area is 136 Å². The molecule has 0 heterocycles. The van der Waals surface area contributed by atoms with E-state index in [1.54, 1.807) is 25.1 Å². The van der Waals surface area contributed by atoms with E-state index in [2.05, 4.69) is 5.32 Å². The minimum absolute atomic E-state index is 0.0901. The van der Waals surface area contributed by atoms with Crippen LogP contribution < -0.4 is 5.32 Å². The number of carbonyl (C=O) groups excluding carboxylic acids is 1. The lowest BCUT2D eigenvalue weighted by atomic mass is 9.85. The number of hydrogen-bond donors (Lipinski definition) is 2. The molecule has 23 heavy (non-hydrogen) atoms. The summed E-state index contributed by atoms with van der Waals surface area (Å²) in [6, 6.07) is 6.30. The number of nitrogens with one attached hydrogen (secondary N) is 1. The molecule has 0 radical (unpaired) electrons. The van der Waals surface area contributed by atoms with Gasteiger partial charge in [0.25, 0.3) is 0 Å². The van der Waals surface area contributed by atoms with Crippen LogP contribution in [-0.4, -0.2) is 37.2 Å². The molecule has 0 aliphatic rings. The van der Waals surface area contributed by atoms with Crippen molar-refractivity contribution in [2.24, 2.45) is 5.92 Å². The number of carboxylic acids is 1. The molecule has 7 heteroatoms. The first-order valence-electron chi connectivity index (χ1n) is 7.26. The molecule has 0 spiro atoms. The van der Waals surface area contributed by atoms with Crippen molar-refractivity contribution in [3.05, 3.63) is 29.8 Å². The van der Waals surface area contributed by atoms with E-state index in [0.717, 1.165) is 6.26 Å². The Morgan fingerprint density at radius 2 is 1.83 bits per heavy atom. The van der Waals surface area contributed by atoms with Gasteiger partial charge < -0.3 is 10.4 Å². The maximum atomic E-state index is 12.3. The Morgan fingerprint density at radius 1 is 1.26 bits per heavy atom. The fourth-order valence-corrected chi connectivity index (χ4v) is 3.20. The minimum Gasteiger partial charge on any atom is -0.481 e. The summed E-state index contributed by atoms with van der Waals surface area (Å²) in [7, 11) is -3.43. The van der Waals surface area contributed by atoms with E-state index in [-0.39, 0.29) is 23.7 Å². The number of amides is 1. The van der Waals surface area contributed by atoms with Crippen molar-refractivity contribution in [3.63, 3.8) is 0 Å². The summed E-state index contributed by atoms with van der Waals surface area (Å²) in [5, 5.41) is 11.8. The van der Waals surface area contributed by atoms with Gasteiger partial charge in [0, 0.05) is 11.8 Å². The number of hydrogen-bond acceptors (Lipinski definition) is 4. The molecule has 1 atom stereocenters. The number of sulfone groups is 1. The summed E-state index contributed by atoms with van der Waals surface area (Å²) in [5.74, 6) is -1.50. The van der Waals surface area contributed by atoms with Gasteiger partial charge in [0.1, 0.15) is 0 Å². The molecule has 128 valence electrons. The Morgan fingerprint density at radius 3 is 2.30 bits per heavy atom. The van der Waals surface area contributed by atoms with Crippen LogP contribution >= 0.6 is 0 Å². The number of rotatable bonds is 7. The zero-order valence-corrected chi connectivity index (χ0v) is 14.6. The number of carbonyl (C=O) groups is 2. The molecule has 6 nitrogen and oxygen atoms in total. The summed E-state index contributed by atoms with van der Waals surface area (Å²) in [6.07, 6.45) is 0.766. The smallest absolute Gasteiger partial charge is 0.305 e. The van der Waals surface area contributed by atoms with Crippen molar-refractivity contribution in [2.45, 2.75) is 44.0 Å². The van der Waals surface area contributed by atoms with Gasteiger partial charge in [0.15, 0.2) is 9.84 Å². The van der Waals surface area contributed by atoms with Crippen LogP contribution in [0.4, 0.5) is 0 Å². The van der Waals surface area contributed by atoms with Crippen molar-refractivity contribution < 1.29 is 23.1 Å². The highest BCUT2D eigenvalue weighted by molar-refractivity contribution is 7.90. The van der Waals surface area contributed by atoms with Crippen LogP contribution in [0.1, 0.15) is 32.8 Å². The van der Waals surface area contributed by atoms with E-state index in [4.69, 9.17) is 5.11 Å². The maximum Gasteiger partial charge on any atom is 0.305 e. The van der Waals surface area contributed by atoms with Crippen molar-refractivity contribution in [2.75, 3.05) is 6.26 Å². The molecule has 0 bridgehead atoms. The van der Waals surface area contributed by atoms with E-state index in [0.29, 0.717) is 5.56 Å². The van der Waals surface area contributed by atoms with Gasteiger partial charge in [-0.1, -0.05) is 32.0 Å². The lowest BCUT2D eigenvalue weighted by Crippen LogP contribution is -2.51. The third-order valence-electron chi connectivity index (χ3n) is 3.94. The van der Waals surface area contributed by atoms with E-state index in [9.17, 15) is 18.0 Å². The summed E-state index contributed by atoms with van der Waals surface area (Å²) < 4.78 is 23.5. The molecule has 0 saturated heterocycles. The lowest BCUT2D eigenvalue weighted by molar-refractivity contribution is -0.139.